The summed E-state index contributed by atoms with van der Waals surface area (Å²) in [6, 6.07) is 4.03. The Kier molecular flexibility index (Phi) is 3.08. The van der Waals surface area contributed by atoms with Gasteiger partial charge in [0.15, 0.2) is 0 Å². The van der Waals surface area contributed by atoms with E-state index in [0.29, 0.717) is 5.92 Å². The molecular formula is C15H18ClNO. The third-order valence-electron chi connectivity index (χ3n) is 3.58. The highest BCUT2D eigenvalue weighted by Crippen LogP contribution is 2.47. The molecule has 0 aliphatic heterocycles. The normalized spacial score (nSPS) is 15.5. The standard InChI is InChI=1S/C15H18ClNO/c1-3-17-8-13-14(10-4-5-10)12-7-11(16)6-9(2)15(12)18-13/h6-7,10,17H,3-5,8H2,1-2H3. The molecule has 96 valence electrons. The zero-order chi connectivity index (χ0) is 12.7. The second kappa shape index (κ2) is 4.60. The van der Waals surface area contributed by atoms with Gasteiger partial charge in [-0.05, 0) is 49.9 Å². The monoisotopic (exact) mass is 263 g/mol. The number of halogens is 1. The van der Waals surface area contributed by atoms with Crippen LogP contribution >= 0.6 is 11.6 Å². The van der Waals surface area contributed by atoms with Crippen molar-refractivity contribution in [1.29, 1.82) is 0 Å². The van der Waals surface area contributed by atoms with Crippen molar-refractivity contribution in [2.24, 2.45) is 0 Å². The molecule has 1 aliphatic rings. The summed E-state index contributed by atoms with van der Waals surface area (Å²) in [5.74, 6) is 1.78. The van der Waals surface area contributed by atoms with Gasteiger partial charge in [-0.3, -0.25) is 0 Å². The summed E-state index contributed by atoms with van der Waals surface area (Å²) in [6.07, 6.45) is 2.55. The minimum Gasteiger partial charge on any atom is -0.459 e. The fraction of sp³-hybridized carbons (Fsp3) is 0.467. The number of aryl methyl sites for hydroxylation is 1. The Morgan fingerprint density at radius 2 is 2.17 bits per heavy atom. The molecule has 2 aromatic rings. The van der Waals surface area contributed by atoms with E-state index in [1.165, 1.54) is 23.8 Å². The van der Waals surface area contributed by atoms with Gasteiger partial charge in [0.2, 0.25) is 0 Å². The summed E-state index contributed by atoms with van der Waals surface area (Å²) in [7, 11) is 0. The largest absolute Gasteiger partial charge is 0.459 e. The molecule has 2 nitrogen and oxygen atoms in total. The van der Waals surface area contributed by atoms with E-state index >= 15 is 0 Å². The van der Waals surface area contributed by atoms with Crippen molar-refractivity contribution in [2.45, 2.75) is 39.2 Å². The second-order valence-electron chi connectivity index (χ2n) is 5.09. The maximum absolute atomic E-state index is 6.18. The summed E-state index contributed by atoms with van der Waals surface area (Å²) < 4.78 is 6.07. The van der Waals surface area contributed by atoms with E-state index in [9.17, 15) is 0 Å². The van der Waals surface area contributed by atoms with Crippen LogP contribution in [0.1, 0.15) is 42.6 Å². The van der Waals surface area contributed by atoms with Crippen LogP contribution in [-0.2, 0) is 6.54 Å². The molecule has 3 heteroatoms. The molecule has 1 aromatic heterocycles. The SMILES string of the molecule is CCNCc1oc2c(C)cc(Cl)cc2c1C1CC1. The van der Waals surface area contributed by atoms with Crippen molar-refractivity contribution in [3.8, 4) is 0 Å². The van der Waals surface area contributed by atoms with Gasteiger partial charge < -0.3 is 9.73 Å². The lowest BCUT2D eigenvalue weighted by molar-refractivity contribution is 0.512. The quantitative estimate of drug-likeness (QED) is 0.885. The summed E-state index contributed by atoms with van der Waals surface area (Å²) in [5.41, 5.74) is 3.52. The third kappa shape index (κ3) is 2.04. The summed E-state index contributed by atoms with van der Waals surface area (Å²) in [6.45, 7) is 5.95. The van der Waals surface area contributed by atoms with E-state index in [0.717, 1.165) is 35.0 Å². The van der Waals surface area contributed by atoms with Gasteiger partial charge in [-0.15, -0.1) is 0 Å². The van der Waals surface area contributed by atoms with Crippen LogP contribution in [0.4, 0.5) is 0 Å². The van der Waals surface area contributed by atoms with E-state index in [4.69, 9.17) is 16.0 Å². The van der Waals surface area contributed by atoms with Gasteiger partial charge in [-0.25, -0.2) is 0 Å². The highest BCUT2D eigenvalue weighted by molar-refractivity contribution is 6.31. The molecule has 1 N–H and O–H groups in total. The Bertz CT molecular complexity index is 584. The van der Waals surface area contributed by atoms with Crippen molar-refractivity contribution in [2.75, 3.05) is 6.54 Å². The number of benzene rings is 1. The molecule has 1 aliphatic carbocycles. The topological polar surface area (TPSA) is 25.2 Å². The van der Waals surface area contributed by atoms with Crippen molar-refractivity contribution < 1.29 is 4.42 Å². The molecule has 1 saturated carbocycles. The summed E-state index contributed by atoms with van der Waals surface area (Å²) in [4.78, 5) is 0. The van der Waals surface area contributed by atoms with E-state index in [1.54, 1.807) is 0 Å². The van der Waals surface area contributed by atoms with Crippen molar-refractivity contribution in [3.63, 3.8) is 0 Å². The van der Waals surface area contributed by atoms with Crippen LogP contribution in [0, 0.1) is 6.92 Å². The molecule has 0 saturated heterocycles. The van der Waals surface area contributed by atoms with Gasteiger partial charge in [0, 0.05) is 16.0 Å². The molecule has 0 atom stereocenters. The minimum absolute atomic E-state index is 0.678. The minimum atomic E-state index is 0.678. The van der Waals surface area contributed by atoms with Crippen LogP contribution < -0.4 is 5.32 Å². The van der Waals surface area contributed by atoms with Crippen LogP contribution in [0.3, 0.4) is 0 Å². The summed E-state index contributed by atoms with van der Waals surface area (Å²) in [5, 5.41) is 5.38. The van der Waals surface area contributed by atoms with Gasteiger partial charge in [0.1, 0.15) is 11.3 Å². The van der Waals surface area contributed by atoms with Gasteiger partial charge >= 0.3 is 0 Å². The molecular weight excluding hydrogens is 246 g/mol. The van der Waals surface area contributed by atoms with Gasteiger partial charge in [0.25, 0.3) is 0 Å². The number of hydrogen-bond donors (Lipinski definition) is 1. The Morgan fingerprint density at radius 3 is 2.83 bits per heavy atom. The molecule has 1 fully saturated rings. The fourth-order valence-corrected chi connectivity index (χ4v) is 2.86. The Balaban J connectivity index is 2.16. The molecule has 1 heterocycles. The molecule has 0 bridgehead atoms. The number of fused-ring (bicyclic) bond motifs is 1. The van der Waals surface area contributed by atoms with Crippen molar-refractivity contribution in [1.82, 2.24) is 5.32 Å². The molecule has 0 unspecified atom stereocenters. The van der Waals surface area contributed by atoms with Crippen LogP contribution in [0.25, 0.3) is 11.0 Å². The molecule has 18 heavy (non-hydrogen) atoms. The highest BCUT2D eigenvalue weighted by Gasteiger charge is 2.31. The molecule has 0 spiro atoms. The first-order valence-corrected chi connectivity index (χ1v) is 7.00. The number of rotatable bonds is 4. The van der Waals surface area contributed by atoms with Crippen LogP contribution in [0.2, 0.25) is 5.02 Å². The molecule has 0 amide bonds. The lowest BCUT2D eigenvalue weighted by Crippen LogP contribution is -2.12. The van der Waals surface area contributed by atoms with Crippen LogP contribution in [-0.4, -0.2) is 6.54 Å². The molecule has 3 rings (SSSR count). The number of nitrogens with one attached hydrogen (secondary N) is 1. The average Bonchev–Trinajstić information content (AvgIpc) is 3.09. The van der Waals surface area contributed by atoms with Gasteiger partial charge in [0.05, 0.1) is 6.54 Å². The Hall–Kier alpha value is -0.990. The maximum atomic E-state index is 6.18. The Morgan fingerprint density at radius 1 is 1.39 bits per heavy atom. The van der Waals surface area contributed by atoms with Crippen LogP contribution in [0.15, 0.2) is 16.5 Å². The average molecular weight is 264 g/mol. The van der Waals surface area contributed by atoms with Crippen LogP contribution in [0.5, 0.6) is 0 Å². The highest BCUT2D eigenvalue weighted by atomic mass is 35.5. The molecule has 1 aromatic carbocycles. The van der Waals surface area contributed by atoms with Crippen molar-refractivity contribution >= 4 is 22.6 Å². The first kappa shape index (κ1) is 12.1. The molecule has 0 radical (unpaired) electrons. The van der Waals surface area contributed by atoms with E-state index in [-0.39, 0.29) is 0 Å². The maximum Gasteiger partial charge on any atom is 0.137 e. The predicted octanol–water partition coefficient (Wildman–Crippen LogP) is 4.38. The first-order chi connectivity index (χ1) is 8.70. The van der Waals surface area contributed by atoms with E-state index in [2.05, 4.69) is 25.2 Å². The lowest BCUT2D eigenvalue weighted by Gasteiger charge is -2.01. The lowest BCUT2D eigenvalue weighted by atomic mass is 10.0. The zero-order valence-electron chi connectivity index (χ0n) is 10.8. The smallest absolute Gasteiger partial charge is 0.137 e. The predicted molar refractivity (Wildman–Crippen MR) is 75.3 cm³/mol. The number of hydrogen-bond acceptors (Lipinski definition) is 2. The third-order valence-corrected chi connectivity index (χ3v) is 3.79. The fourth-order valence-electron chi connectivity index (χ4n) is 2.58. The first-order valence-electron chi connectivity index (χ1n) is 6.62. The van der Waals surface area contributed by atoms with E-state index in [1.807, 2.05) is 6.07 Å². The van der Waals surface area contributed by atoms with E-state index < -0.39 is 0 Å². The Labute approximate surface area is 112 Å². The summed E-state index contributed by atoms with van der Waals surface area (Å²) >= 11 is 6.18. The number of furan rings is 1. The van der Waals surface area contributed by atoms with Gasteiger partial charge in [-0.2, -0.15) is 0 Å². The second-order valence-corrected chi connectivity index (χ2v) is 5.53. The van der Waals surface area contributed by atoms with Gasteiger partial charge in [-0.1, -0.05) is 18.5 Å². The van der Waals surface area contributed by atoms with Crippen molar-refractivity contribution in [3.05, 3.63) is 34.0 Å². The zero-order valence-corrected chi connectivity index (χ0v) is 11.6.